The van der Waals surface area contributed by atoms with Gasteiger partial charge in [-0.2, -0.15) is 18.6 Å². The molecule has 0 fully saturated rings. The summed E-state index contributed by atoms with van der Waals surface area (Å²) in [6, 6.07) is 10.3. The maximum Gasteiger partial charge on any atom is 0.276 e. The SMILES string of the molecule is COc1ccc(-c2[nH]ncc2/C=N/NS(=O)(=O)c2ccc(C)c(C)c2)cc1OC. The van der Waals surface area contributed by atoms with Crippen molar-refractivity contribution in [3.05, 3.63) is 59.3 Å². The minimum Gasteiger partial charge on any atom is -0.493 e. The van der Waals surface area contributed by atoms with Gasteiger partial charge in [-0.25, -0.2) is 4.83 Å². The topological polar surface area (TPSA) is 106 Å². The molecule has 0 radical (unpaired) electrons. The zero-order chi connectivity index (χ0) is 21.0. The summed E-state index contributed by atoms with van der Waals surface area (Å²) >= 11 is 0. The molecule has 0 atom stereocenters. The molecule has 0 aliphatic rings. The number of hydrazone groups is 1. The van der Waals surface area contributed by atoms with E-state index >= 15 is 0 Å². The van der Waals surface area contributed by atoms with Gasteiger partial charge in [0.25, 0.3) is 10.0 Å². The van der Waals surface area contributed by atoms with Gasteiger partial charge >= 0.3 is 0 Å². The van der Waals surface area contributed by atoms with Crippen molar-refractivity contribution < 1.29 is 17.9 Å². The Bertz CT molecular complexity index is 1150. The molecule has 1 aromatic heterocycles. The zero-order valence-electron chi connectivity index (χ0n) is 16.6. The first-order chi connectivity index (χ1) is 13.9. The van der Waals surface area contributed by atoms with Crippen molar-refractivity contribution in [1.82, 2.24) is 15.0 Å². The van der Waals surface area contributed by atoms with E-state index in [-0.39, 0.29) is 4.90 Å². The molecule has 0 unspecified atom stereocenters. The number of aromatic amines is 1. The fraction of sp³-hybridized carbons (Fsp3) is 0.200. The van der Waals surface area contributed by atoms with Gasteiger partial charge in [0, 0.05) is 11.1 Å². The summed E-state index contributed by atoms with van der Waals surface area (Å²) < 4.78 is 35.5. The Kier molecular flexibility index (Phi) is 5.88. The Labute approximate surface area is 169 Å². The molecule has 8 nitrogen and oxygen atoms in total. The Balaban J connectivity index is 1.83. The molecule has 0 bridgehead atoms. The van der Waals surface area contributed by atoms with Gasteiger partial charge in [0.2, 0.25) is 0 Å². The van der Waals surface area contributed by atoms with E-state index in [0.29, 0.717) is 22.8 Å². The van der Waals surface area contributed by atoms with Crippen LogP contribution in [0.25, 0.3) is 11.3 Å². The summed E-state index contributed by atoms with van der Waals surface area (Å²) in [6.07, 6.45) is 2.95. The highest BCUT2D eigenvalue weighted by atomic mass is 32.2. The molecule has 1 heterocycles. The third kappa shape index (κ3) is 4.40. The number of H-pyrrole nitrogens is 1. The van der Waals surface area contributed by atoms with E-state index in [1.54, 1.807) is 50.7 Å². The molecule has 2 aromatic carbocycles. The Morgan fingerprint density at radius 1 is 1.03 bits per heavy atom. The number of nitrogens with zero attached hydrogens (tertiary/aromatic N) is 2. The molecule has 29 heavy (non-hydrogen) atoms. The van der Waals surface area contributed by atoms with Crippen LogP contribution in [0.1, 0.15) is 16.7 Å². The lowest BCUT2D eigenvalue weighted by atomic mass is 10.1. The maximum atomic E-state index is 12.5. The Morgan fingerprint density at radius 3 is 2.48 bits per heavy atom. The summed E-state index contributed by atoms with van der Waals surface area (Å²) in [5.41, 5.74) is 3.98. The van der Waals surface area contributed by atoms with Gasteiger partial charge in [-0.1, -0.05) is 6.07 Å². The van der Waals surface area contributed by atoms with E-state index in [2.05, 4.69) is 20.1 Å². The van der Waals surface area contributed by atoms with Crippen molar-refractivity contribution in [1.29, 1.82) is 0 Å². The second kappa shape index (κ2) is 8.36. The van der Waals surface area contributed by atoms with E-state index in [4.69, 9.17) is 9.47 Å². The molecular formula is C20H22N4O4S. The first-order valence-corrected chi connectivity index (χ1v) is 10.2. The Hall–Kier alpha value is -3.33. The van der Waals surface area contributed by atoms with Crippen LogP contribution in [0.3, 0.4) is 0 Å². The highest BCUT2D eigenvalue weighted by Crippen LogP contribution is 2.32. The van der Waals surface area contributed by atoms with E-state index in [9.17, 15) is 8.42 Å². The van der Waals surface area contributed by atoms with Crippen LogP contribution in [0.2, 0.25) is 0 Å². The minimum absolute atomic E-state index is 0.157. The highest BCUT2D eigenvalue weighted by molar-refractivity contribution is 7.89. The minimum atomic E-state index is -3.76. The molecule has 0 saturated heterocycles. The van der Waals surface area contributed by atoms with Crippen molar-refractivity contribution in [2.24, 2.45) is 5.10 Å². The smallest absolute Gasteiger partial charge is 0.276 e. The van der Waals surface area contributed by atoms with Crippen LogP contribution >= 0.6 is 0 Å². The number of hydrogen-bond donors (Lipinski definition) is 2. The van der Waals surface area contributed by atoms with Gasteiger partial charge in [-0.3, -0.25) is 5.10 Å². The molecule has 3 aromatic rings. The Morgan fingerprint density at radius 2 is 1.79 bits per heavy atom. The summed E-state index contributed by atoms with van der Waals surface area (Å²) in [5.74, 6) is 1.17. The van der Waals surface area contributed by atoms with Crippen LogP contribution in [0.5, 0.6) is 11.5 Å². The van der Waals surface area contributed by atoms with E-state index in [1.807, 2.05) is 19.9 Å². The summed E-state index contributed by atoms with van der Waals surface area (Å²) in [7, 11) is -0.648. The normalized spacial score (nSPS) is 11.6. The van der Waals surface area contributed by atoms with Crippen molar-refractivity contribution in [3.63, 3.8) is 0 Å². The van der Waals surface area contributed by atoms with Gasteiger partial charge in [-0.15, -0.1) is 0 Å². The van der Waals surface area contributed by atoms with E-state index in [0.717, 1.165) is 16.7 Å². The molecule has 152 valence electrons. The predicted molar refractivity (Wildman–Crippen MR) is 111 cm³/mol. The van der Waals surface area contributed by atoms with Crippen molar-refractivity contribution >= 4 is 16.2 Å². The first kappa shape index (κ1) is 20.4. The zero-order valence-corrected chi connectivity index (χ0v) is 17.4. The van der Waals surface area contributed by atoms with Crippen LogP contribution in [0.4, 0.5) is 0 Å². The number of sulfonamides is 1. The predicted octanol–water partition coefficient (Wildman–Crippen LogP) is 3.02. The summed E-state index contributed by atoms with van der Waals surface area (Å²) in [4.78, 5) is 2.39. The second-order valence-corrected chi connectivity index (χ2v) is 8.03. The number of methoxy groups -OCH3 is 2. The quantitative estimate of drug-likeness (QED) is 0.457. The van der Waals surface area contributed by atoms with Gasteiger partial charge in [0.05, 0.1) is 37.2 Å². The average molecular weight is 414 g/mol. The van der Waals surface area contributed by atoms with Crippen molar-refractivity contribution in [2.45, 2.75) is 18.7 Å². The van der Waals surface area contributed by atoms with E-state index < -0.39 is 10.0 Å². The average Bonchev–Trinajstić information content (AvgIpc) is 3.17. The lowest BCUT2D eigenvalue weighted by molar-refractivity contribution is 0.355. The van der Waals surface area contributed by atoms with Crippen molar-refractivity contribution in [3.8, 4) is 22.8 Å². The number of nitrogens with one attached hydrogen (secondary N) is 2. The summed E-state index contributed by atoms with van der Waals surface area (Å²) in [5, 5.41) is 10.8. The van der Waals surface area contributed by atoms with Crippen LogP contribution in [-0.4, -0.2) is 39.0 Å². The van der Waals surface area contributed by atoms with E-state index in [1.165, 1.54) is 6.21 Å². The third-order valence-corrected chi connectivity index (χ3v) is 5.73. The van der Waals surface area contributed by atoms with Crippen molar-refractivity contribution in [2.75, 3.05) is 14.2 Å². The molecule has 2 N–H and O–H groups in total. The number of aromatic nitrogens is 2. The van der Waals surface area contributed by atoms with Crippen LogP contribution in [0.15, 0.2) is 52.6 Å². The van der Waals surface area contributed by atoms with Gasteiger partial charge in [0.1, 0.15) is 0 Å². The monoisotopic (exact) mass is 414 g/mol. The highest BCUT2D eigenvalue weighted by Gasteiger charge is 2.14. The standard InChI is InChI=1S/C20H22N4O4S/c1-13-5-7-17(9-14(13)2)29(25,26)24-22-12-16-11-21-23-20(16)15-6-8-18(27-3)19(10-15)28-4/h5-12,24H,1-4H3,(H,21,23)/b22-12+. The number of ether oxygens (including phenoxy) is 2. The summed E-state index contributed by atoms with van der Waals surface area (Å²) in [6.45, 7) is 3.78. The number of rotatable bonds is 7. The molecular weight excluding hydrogens is 392 g/mol. The van der Waals surface area contributed by atoms with Gasteiger partial charge in [0.15, 0.2) is 11.5 Å². The molecule has 0 spiro atoms. The lowest BCUT2D eigenvalue weighted by Crippen LogP contribution is -2.18. The van der Waals surface area contributed by atoms with Gasteiger partial charge in [-0.05, 0) is 55.3 Å². The van der Waals surface area contributed by atoms with Crippen LogP contribution < -0.4 is 14.3 Å². The third-order valence-electron chi connectivity index (χ3n) is 4.51. The number of benzene rings is 2. The molecule has 0 aliphatic carbocycles. The van der Waals surface area contributed by atoms with Crippen LogP contribution in [0, 0.1) is 13.8 Å². The fourth-order valence-corrected chi connectivity index (χ4v) is 3.59. The fourth-order valence-electron chi connectivity index (χ4n) is 2.72. The maximum absolute atomic E-state index is 12.5. The lowest BCUT2D eigenvalue weighted by Gasteiger charge is -2.09. The first-order valence-electron chi connectivity index (χ1n) is 8.73. The number of hydrogen-bond acceptors (Lipinski definition) is 6. The molecule has 0 aliphatic heterocycles. The molecule has 0 amide bonds. The van der Waals surface area contributed by atoms with Crippen LogP contribution in [-0.2, 0) is 10.0 Å². The van der Waals surface area contributed by atoms with Gasteiger partial charge < -0.3 is 9.47 Å². The number of aryl methyl sites for hydroxylation is 2. The second-order valence-electron chi connectivity index (χ2n) is 6.37. The largest absolute Gasteiger partial charge is 0.493 e. The molecule has 3 rings (SSSR count). The molecule has 0 saturated carbocycles. The molecule has 9 heteroatoms.